The first-order chi connectivity index (χ1) is 16.9. The molecule has 1 unspecified atom stereocenters. The largest absolute Gasteiger partial charge is 0.480 e. The summed E-state index contributed by atoms with van der Waals surface area (Å²) < 4.78 is 5.86. The molecule has 3 aliphatic rings. The third-order valence-corrected chi connectivity index (χ3v) is 7.50. The van der Waals surface area contributed by atoms with E-state index in [-0.39, 0.29) is 12.6 Å². The average molecular weight is 505 g/mol. The molecule has 1 aromatic rings. The number of rotatable bonds is 10. The number of thioether (sulfide) groups is 1. The Morgan fingerprint density at radius 3 is 2.51 bits per heavy atom. The van der Waals surface area contributed by atoms with Crippen LogP contribution in [0.5, 0.6) is 0 Å². The first kappa shape index (κ1) is 25.5. The molecule has 1 atom stereocenters. The van der Waals surface area contributed by atoms with Crippen molar-refractivity contribution in [3.05, 3.63) is 35.4 Å². The Labute approximate surface area is 208 Å². The fourth-order valence-corrected chi connectivity index (χ4v) is 5.52. The molecule has 2 fully saturated rings. The number of ether oxygens (including phenoxy) is 1. The second-order valence-corrected chi connectivity index (χ2v) is 10.4. The van der Waals surface area contributed by atoms with Crippen LogP contribution in [0.4, 0.5) is 0 Å². The average Bonchev–Trinajstić information content (AvgIpc) is 3.32. The highest BCUT2D eigenvalue weighted by atomic mass is 32.2. The molecule has 10 nitrogen and oxygen atoms in total. The van der Waals surface area contributed by atoms with E-state index in [0.29, 0.717) is 38.8 Å². The van der Waals surface area contributed by atoms with Crippen molar-refractivity contribution in [2.24, 2.45) is 10.3 Å². The van der Waals surface area contributed by atoms with Crippen molar-refractivity contribution in [1.29, 1.82) is 0 Å². The molecule has 4 rings (SSSR count). The van der Waals surface area contributed by atoms with Crippen LogP contribution in [0.15, 0.2) is 34.5 Å². The van der Waals surface area contributed by atoms with Gasteiger partial charge in [-0.25, -0.2) is 4.79 Å². The van der Waals surface area contributed by atoms with Gasteiger partial charge in [0.2, 0.25) is 0 Å². The van der Waals surface area contributed by atoms with Crippen LogP contribution in [0.2, 0.25) is 0 Å². The minimum Gasteiger partial charge on any atom is -0.480 e. The van der Waals surface area contributed by atoms with Gasteiger partial charge in [0.15, 0.2) is 0 Å². The first-order valence-corrected chi connectivity index (χ1v) is 13.1. The number of likely N-dealkylation sites (tertiary alicyclic amines) is 1. The maximum absolute atomic E-state index is 11.2. The van der Waals surface area contributed by atoms with Gasteiger partial charge in [-0.1, -0.05) is 29.4 Å². The smallest absolute Gasteiger partial charge is 0.329 e. The molecular weight excluding hydrogens is 472 g/mol. The van der Waals surface area contributed by atoms with Crippen molar-refractivity contribution in [1.82, 2.24) is 9.91 Å². The summed E-state index contributed by atoms with van der Waals surface area (Å²) in [6, 6.07) is 8.06. The fraction of sp³-hybridized carbons (Fsp3) is 0.583. The Morgan fingerprint density at radius 1 is 1.14 bits per heavy atom. The minimum atomic E-state index is -1.02. The van der Waals surface area contributed by atoms with Gasteiger partial charge < -0.3 is 19.8 Å². The zero-order valence-electron chi connectivity index (χ0n) is 19.7. The summed E-state index contributed by atoms with van der Waals surface area (Å²) in [5.41, 5.74) is 2.19. The van der Waals surface area contributed by atoms with Crippen LogP contribution in [0, 0.1) is 0 Å². The van der Waals surface area contributed by atoms with Crippen molar-refractivity contribution < 1.29 is 29.4 Å². The molecule has 0 amide bonds. The molecule has 0 aromatic heterocycles. The maximum atomic E-state index is 11.2. The standard InChI is InChI=1S/C24H32N4O6S/c29-22(30)16-27-7-5-24(6-8-27,33-17-23(31)32)14-20-13-21(26-34-20)19-3-1-18(2-4-19)15-25-28-9-11-35-12-10-28/h1-4,15,20H,5-14,16-17H2,(H,29,30)(H,31,32). The van der Waals surface area contributed by atoms with Gasteiger partial charge in [-0.2, -0.15) is 16.9 Å². The van der Waals surface area contributed by atoms with Crippen molar-refractivity contribution in [2.75, 3.05) is 50.8 Å². The molecule has 0 bridgehead atoms. The van der Waals surface area contributed by atoms with Gasteiger partial charge in [0.25, 0.3) is 0 Å². The summed E-state index contributed by atoms with van der Waals surface area (Å²) in [4.78, 5) is 29.7. The molecule has 2 N–H and O–H groups in total. The number of nitrogens with zero attached hydrogens (tertiary/aromatic N) is 4. The molecule has 35 heavy (non-hydrogen) atoms. The Kier molecular flexibility index (Phi) is 8.64. The number of benzene rings is 1. The maximum Gasteiger partial charge on any atom is 0.329 e. The first-order valence-electron chi connectivity index (χ1n) is 11.9. The van der Waals surface area contributed by atoms with E-state index in [9.17, 15) is 9.59 Å². The van der Waals surface area contributed by atoms with Crippen molar-refractivity contribution in [2.45, 2.75) is 37.4 Å². The third-order valence-electron chi connectivity index (χ3n) is 6.56. The molecule has 0 radical (unpaired) electrons. The number of carbonyl (C=O) groups is 2. The Hall–Kier alpha value is -2.63. The van der Waals surface area contributed by atoms with Gasteiger partial charge >= 0.3 is 11.9 Å². The molecule has 0 saturated carbocycles. The van der Waals surface area contributed by atoms with Crippen LogP contribution >= 0.6 is 11.8 Å². The number of hydrogen-bond donors (Lipinski definition) is 2. The van der Waals surface area contributed by atoms with Gasteiger partial charge in [-0.3, -0.25) is 14.7 Å². The lowest BCUT2D eigenvalue weighted by Crippen LogP contribution is -2.49. The topological polar surface area (TPSA) is 124 Å². The molecule has 11 heteroatoms. The lowest BCUT2D eigenvalue weighted by molar-refractivity contribution is -0.159. The summed E-state index contributed by atoms with van der Waals surface area (Å²) in [7, 11) is 0. The predicted molar refractivity (Wildman–Crippen MR) is 133 cm³/mol. The van der Waals surface area contributed by atoms with Crippen LogP contribution < -0.4 is 0 Å². The molecule has 190 valence electrons. The second kappa shape index (κ2) is 11.9. The van der Waals surface area contributed by atoms with E-state index in [2.05, 4.69) is 15.3 Å². The predicted octanol–water partition coefficient (Wildman–Crippen LogP) is 1.97. The highest BCUT2D eigenvalue weighted by Gasteiger charge is 2.40. The summed E-state index contributed by atoms with van der Waals surface area (Å²) in [6.07, 6.45) is 3.88. The second-order valence-electron chi connectivity index (χ2n) is 9.14. The molecule has 0 spiro atoms. The molecular formula is C24H32N4O6S. The van der Waals surface area contributed by atoms with Crippen LogP contribution in [0.3, 0.4) is 0 Å². The van der Waals surface area contributed by atoms with Crippen LogP contribution in [0.1, 0.15) is 36.8 Å². The van der Waals surface area contributed by atoms with Gasteiger partial charge in [0.05, 0.1) is 24.1 Å². The third kappa shape index (κ3) is 7.42. The minimum absolute atomic E-state index is 0.0278. The number of carboxylic acids is 2. The van der Waals surface area contributed by atoms with E-state index in [1.807, 2.05) is 47.1 Å². The van der Waals surface area contributed by atoms with E-state index in [1.165, 1.54) is 0 Å². The lowest BCUT2D eigenvalue weighted by Gasteiger charge is -2.41. The van der Waals surface area contributed by atoms with Crippen molar-refractivity contribution >= 4 is 35.6 Å². The number of hydrazone groups is 1. The molecule has 0 aliphatic carbocycles. The molecule has 3 heterocycles. The van der Waals surface area contributed by atoms with E-state index in [1.54, 1.807) is 0 Å². The van der Waals surface area contributed by atoms with E-state index < -0.39 is 24.1 Å². The Bertz CT molecular complexity index is 940. The highest BCUT2D eigenvalue weighted by molar-refractivity contribution is 7.99. The number of oxime groups is 1. The van der Waals surface area contributed by atoms with Crippen LogP contribution in [0.25, 0.3) is 0 Å². The normalized spacial score (nSPS) is 22.7. The Balaban J connectivity index is 1.32. The molecule has 2 saturated heterocycles. The summed E-state index contributed by atoms with van der Waals surface area (Å²) in [5, 5.41) is 29.1. The fourth-order valence-electron chi connectivity index (χ4n) is 4.63. The van der Waals surface area contributed by atoms with E-state index in [4.69, 9.17) is 19.8 Å². The zero-order valence-corrected chi connectivity index (χ0v) is 20.5. The highest BCUT2D eigenvalue weighted by Crippen LogP contribution is 2.34. The summed E-state index contributed by atoms with van der Waals surface area (Å²) >= 11 is 1.95. The van der Waals surface area contributed by atoms with Gasteiger partial charge in [-0.05, 0) is 24.0 Å². The molecule has 1 aromatic carbocycles. The Morgan fingerprint density at radius 2 is 1.86 bits per heavy atom. The lowest BCUT2D eigenvalue weighted by atomic mass is 9.84. The zero-order chi connectivity index (χ0) is 24.7. The number of carboxylic acid groups (broad SMARTS) is 2. The van der Waals surface area contributed by atoms with Crippen LogP contribution in [-0.2, 0) is 19.2 Å². The van der Waals surface area contributed by atoms with Gasteiger partial charge in [-0.15, -0.1) is 0 Å². The van der Waals surface area contributed by atoms with Crippen LogP contribution in [-0.4, -0.2) is 107 Å². The monoisotopic (exact) mass is 504 g/mol. The summed E-state index contributed by atoms with van der Waals surface area (Å²) in [5.74, 6) is 0.328. The van der Waals surface area contributed by atoms with Crippen molar-refractivity contribution in [3.8, 4) is 0 Å². The van der Waals surface area contributed by atoms with E-state index >= 15 is 0 Å². The number of piperidine rings is 1. The molecule has 3 aliphatic heterocycles. The van der Waals surface area contributed by atoms with Crippen molar-refractivity contribution in [3.63, 3.8) is 0 Å². The van der Waals surface area contributed by atoms with Gasteiger partial charge in [0.1, 0.15) is 12.7 Å². The van der Waals surface area contributed by atoms with E-state index in [0.717, 1.165) is 41.4 Å². The number of hydrogen-bond acceptors (Lipinski definition) is 9. The quantitative estimate of drug-likeness (QED) is 0.460. The summed E-state index contributed by atoms with van der Waals surface area (Å²) in [6.45, 7) is 2.60. The SMILES string of the molecule is O=C(O)COC1(CC2CC(c3ccc(C=NN4CCSCC4)cc3)=NO2)CCN(CC(=O)O)CC1. The van der Waals surface area contributed by atoms with Gasteiger partial charge in [0, 0.05) is 50.5 Å². The number of aliphatic carboxylic acids is 2.